The molecule has 0 N–H and O–H groups in total. The first-order chi connectivity index (χ1) is 16.9. The molecule has 2 aromatic carbocycles. The zero-order chi connectivity index (χ0) is 24.9. The van der Waals surface area contributed by atoms with E-state index in [0.29, 0.717) is 38.4 Å². The standard InChI is InChI=1S/C25H22ClN3O5S/c1-4-32-24(30)19-14-35-23(27-19)17-12-10-16(11-13-17)22-21(15(3)28-34-22)29(25(31)33-5-2)20-9-7-6-8-18(20)26/h6-14H,4-5H2,1-3H3. The molecule has 35 heavy (non-hydrogen) atoms. The number of thiazole rings is 1. The van der Waals surface area contributed by atoms with Gasteiger partial charge in [0, 0.05) is 16.5 Å². The van der Waals surface area contributed by atoms with Crippen LogP contribution in [-0.2, 0) is 9.47 Å². The van der Waals surface area contributed by atoms with Crippen molar-refractivity contribution >= 4 is 46.4 Å². The van der Waals surface area contributed by atoms with Gasteiger partial charge in [0.15, 0.2) is 11.5 Å². The van der Waals surface area contributed by atoms with Gasteiger partial charge in [-0.3, -0.25) is 0 Å². The highest BCUT2D eigenvalue weighted by Gasteiger charge is 2.30. The molecule has 0 saturated heterocycles. The van der Waals surface area contributed by atoms with Crippen LogP contribution in [0.5, 0.6) is 0 Å². The summed E-state index contributed by atoms with van der Waals surface area (Å²) in [6.45, 7) is 5.70. The second-order valence-electron chi connectivity index (χ2n) is 7.27. The molecule has 2 heterocycles. The SMILES string of the molecule is CCOC(=O)c1csc(-c2ccc(-c3onc(C)c3N(C(=O)OCC)c3ccccc3Cl)cc2)n1. The molecule has 8 nitrogen and oxygen atoms in total. The topological polar surface area (TPSA) is 94.8 Å². The number of halogens is 1. The van der Waals surface area contributed by atoms with Gasteiger partial charge < -0.3 is 14.0 Å². The summed E-state index contributed by atoms with van der Waals surface area (Å²) in [4.78, 5) is 30.7. The number of esters is 1. The number of hydrogen-bond donors (Lipinski definition) is 0. The zero-order valence-electron chi connectivity index (χ0n) is 19.3. The first-order valence-corrected chi connectivity index (χ1v) is 12.1. The summed E-state index contributed by atoms with van der Waals surface area (Å²) >= 11 is 7.77. The van der Waals surface area contributed by atoms with Gasteiger partial charge in [0.25, 0.3) is 0 Å². The number of rotatable bonds is 7. The van der Waals surface area contributed by atoms with Gasteiger partial charge in [-0.15, -0.1) is 11.3 Å². The fourth-order valence-electron chi connectivity index (χ4n) is 3.42. The predicted octanol–water partition coefficient (Wildman–Crippen LogP) is 6.90. The van der Waals surface area contributed by atoms with Crippen molar-refractivity contribution in [2.24, 2.45) is 0 Å². The summed E-state index contributed by atoms with van der Waals surface area (Å²) in [7, 11) is 0. The molecule has 0 atom stereocenters. The van der Waals surface area contributed by atoms with E-state index in [9.17, 15) is 9.59 Å². The Morgan fingerprint density at radius 2 is 1.71 bits per heavy atom. The number of hydrogen-bond acceptors (Lipinski definition) is 8. The van der Waals surface area contributed by atoms with E-state index in [1.807, 2.05) is 24.3 Å². The molecule has 0 bridgehead atoms. The summed E-state index contributed by atoms with van der Waals surface area (Å²) in [6.07, 6.45) is -0.598. The number of amides is 1. The Labute approximate surface area is 211 Å². The van der Waals surface area contributed by atoms with Gasteiger partial charge in [0.05, 0.1) is 23.9 Å². The fraction of sp³-hybridized carbons (Fsp3) is 0.200. The average Bonchev–Trinajstić information content (AvgIpc) is 3.49. The van der Waals surface area contributed by atoms with Crippen LogP contribution in [0.2, 0.25) is 5.02 Å². The van der Waals surface area contributed by atoms with Crippen molar-refractivity contribution in [3.05, 3.63) is 70.3 Å². The Hall–Kier alpha value is -3.69. The van der Waals surface area contributed by atoms with Gasteiger partial charge in [-0.05, 0) is 32.9 Å². The van der Waals surface area contributed by atoms with Gasteiger partial charge in [-0.2, -0.15) is 0 Å². The second-order valence-corrected chi connectivity index (χ2v) is 8.53. The molecule has 1 amide bonds. The molecule has 0 aliphatic rings. The van der Waals surface area contributed by atoms with Gasteiger partial charge in [0.1, 0.15) is 16.4 Å². The summed E-state index contributed by atoms with van der Waals surface area (Å²) in [5.41, 5.74) is 3.16. The maximum atomic E-state index is 13.0. The van der Waals surface area contributed by atoms with Gasteiger partial charge in [-0.1, -0.05) is 53.2 Å². The van der Waals surface area contributed by atoms with E-state index >= 15 is 0 Å². The van der Waals surface area contributed by atoms with Gasteiger partial charge in [-0.25, -0.2) is 19.5 Å². The van der Waals surface area contributed by atoms with Crippen LogP contribution in [0, 0.1) is 6.92 Å². The monoisotopic (exact) mass is 511 g/mol. The van der Waals surface area contributed by atoms with E-state index in [2.05, 4.69) is 10.1 Å². The number of carbonyl (C=O) groups excluding carboxylic acids is 2. The van der Waals surface area contributed by atoms with Crippen LogP contribution in [0.3, 0.4) is 0 Å². The number of anilines is 2. The van der Waals surface area contributed by atoms with Crippen molar-refractivity contribution in [2.45, 2.75) is 20.8 Å². The van der Waals surface area contributed by atoms with E-state index < -0.39 is 12.1 Å². The third-order valence-electron chi connectivity index (χ3n) is 4.98. The first-order valence-electron chi connectivity index (χ1n) is 10.9. The minimum atomic E-state index is -0.598. The van der Waals surface area contributed by atoms with E-state index in [1.165, 1.54) is 16.2 Å². The zero-order valence-corrected chi connectivity index (χ0v) is 20.9. The highest BCUT2D eigenvalue weighted by Crippen LogP contribution is 2.41. The maximum absolute atomic E-state index is 13.0. The number of benzene rings is 2. The van der Waals surface area contributed by atoms with E-state index in [-0.39, 0.29) is 18.9 Å². The minimum Gasteiger partial charge on any atom is -0.461 e. The summed E-state index contributed by atoms with van der Waals surface area (Å²) in [5, 5.41) is 6.83. The van der Waals surface area contributed by atoms with Crippen LogP contribution in [0.25, 0.3) is 21.9 Å². The van der Waals surface area contributed by atoms with E-state index in [0.717, 1.165) is 5.56 Å². The fourth-order valence-corrected chi connectivity index (χ4v) is 4.43. The lowest BCUT2D eigenvalue weighted by Gasteiger charge is -2.23. The molecule has 0 spiro atoms. The highest BCUT2D eigenvalue weighted by molar-refractivity contribution is 7.13. The molecule has 10 heteroatoms. The molecule has 0 saturated carbocycles. The number of aromatic nitrogens is 2. The lowest BCUT2D eigenvalue weighted by atomic mass is 10.1. The molecule has 4 aromatic rings. The molecular weight excluding hydrogens is 490 g/mol. The van der Waals surface area contributed by atoms with Crippen molar-refractivity contribution < 1.29 is 23.6 Å². The molecule has 4 rings (SSSR count). The number of carbonyl (C=O) groups is 2. The molecule has 0 aliphatic heterocycles. The third-order valence-corrected chi connectivity index (χ3v) is 6.19. The molecule has 0 fully saturated rings. The Bertz CT molecular complexity index is 1350. The van der Waals surface area contributed by atoms with Gasteiger partial charge >= 0.3 is 12.1 Å². The van der Waals surface area contributed by atoms with Crippen LogP contribution in [-0.4, -0.2) is 35.4 Å². The van der Waals surface area contributed by atoms with Crippen molar-refractivity contribution in [3.8, 4) is 21.9 Å². The number of para-hydroxylation sites is 1. The Kier molecular flexibility index (Phi) is 7.48. The highest BCUT2D eigenvalue weighted by atomic mass is 35.5. The lowest BCUT2D eigenvalue weighted by molar-refractivity contribution is 0.0520. The number of aryl methyl sites for hydroxylation is 1. The quantitative estimate of drug-likeness (QED) is 0.249. The Morgan fingerprint density at radius 3 is 2.40 bits per heavy atom. The Morgan fingerprint density at radius 1 is 1.03 bits per heavy atom. The number of ether oxygens (including phenoxy) is 2. The van der Waals surface area contributed by atoms with Crippen molar-refractivity contribution in [3.63, 3.8) is 0 Å². The molecule has 180 valence electrons. The predicted molar refractivity (Wildman–Crippen MR) is 134 cm³/mol. The van der Waals surface area contributed by atoms with Crippen LogP contribution in [0.15, 0.2) is 58.4 Å². The second kappa shape index (κ2) is 10.7. The average molecular weight is 512 g/mol. The third kappa shape index (κ3) is 5.06. The normalized spacial score (nSPS) is 10.7. The molecule has 2 aromatic heterocycles. The van der Waals surface area contributed by atoms with Crippen molar-refractivity contribution in [1.29, 1.82) is 0 Å². The summed E-state index contributed by atoms with van der Waals surface area (Å²) in [5.74, 6) is -0.0691. The lowest BCUT2D eigenvalue weighted by Crippen LogP contribution is -2.27. The minimum absolute atomic E-state index is 0.190. The summed E-state index contributed by atoms with van der Waals surface area (Å²) in [6, 6.07) is 14.4. The van der Waals surface area contributed by atoms with Crippen molar-refractivity contribution in [2.75, 3.05) is 18.1 Å². The smallest absolute Gasteiger partial charge is 0.419 e. The van der Waals surface area contributed by atoms with Crippen LogP contribution in [0.1, 0.15) is 30.0 Å². The first kappa shape index (κ1) is 24.4. The van der Waals surface area contributed by atoms with Crippen LogP contribution < -0.4 is 4.90 Å². The molecule has 0 unspecified atom stereocenters. The largest absolute Gasteiger partial charge is 0.461 e. The van der Waals surface area contributed by atoms with E-state index in [1.54, 1.807) is 50.4 Å². The van der Waals surface area contributed by atoms with Crippen molar-refractivity contribution in [1.82, 2.24) is 10.1 Å². The molecule has 0 radical (unpaired) electrons. The van der Waals surface area contributed by atoms with Crippen LogP contribution >= 0.6 is 22.9 Å². The summed E-state index contributed by atoms with van der Waals surface area (Å²) < 4.78 is 16.0. The number of nitrogens with zero attached hydrogens (tertiary/aromatic N) is 3. The van der Waals surface area contributed by atoms with Crippen LogP contribution in [0.4, 0.5) is 16.2 Å². The maximum Gasteiger partial charge on any atom is 0.419 e. The van der Waals surface area contributed by atoms with Gasteiger partial charge in [0.2, 0.25) is 0 Å². The molecule has 0 aliphatic carbocycles. The van der Waals surface area contributed by atoms with E-state index in [4.69, 9.17) is 25.6 Å². The molecular formula is C25H22ClN3O5S. The Balaban J connectivity index is 1.71.